The molecule has 3 nitrogen and oxygen atoms in total. The molecule has 0 aliphatic heterocycles. The van der Waals surface area contributed by atoms with Crippen LogP contribution in [0.1, 0.15) is 15.9 Å². The number of methoxy groups -OCH3 is 1. The highest BCUT2D eigenvalue weighted by molar-refractivity contribution is 5.95. The summed E-state index contributed by atoms with van der Waals surface area (Å²) < 4.78 is 17.6. The number of hydrogen-bond donors (Lipinski definition) is 1. The molecule has 0 spiro atoms. The molecule has 0 saturated carbocycles. The van der Waals surface area contributed by atoms with Crippen LogP contribution in [0.15, 0.2) is 18.2 Å². The topological polar surface area (TPSA) is 38.3 Å². The van der Waals surface area contributed by atoms with E-state index >= 15 is 0 Å². The molecule has 15 heavy (non-hydrogen) atoms. The molecular formula is C11H14FNO2. The fraction of sp³-hybridized carbons (Fsp3) is 0.364. The summed E-state index contributed by atoms with van der Waals surface area (Å²) in [6.07, 6.45) is 0. The molecule has 0 radical (unpaired) electrons. The first kappa shape index (κ1) is 11.7. The van der Waals surface area contributed by atoms with Gasteiger partial charge in [0.15, 0.2) is 0 Å². The van der Waals surface area contributed by atoms with Crippen LogP contribution in [0.4, 0.5) is 4.39 Å². The molecule has 1 rings (SSSR count). The van der Waals surface area contributed by atoms with Gasteiger partial charge in [-0.1, -0.05) is 0 Å². The summed E-state index contributed by atoms with van der Waals surface area (Å²) in [7, 11) is 1.56. The molecule has 82 valence electrons. The van der Waals surface area contributed by atoms with Gasteiger partial charge in [0.05, 0.1) is 6.61 Å². The van der Waals surface area contributed by atoms with Crippen LogP contribution in [0, 0.1) is 12.7 Å². The van der Waals surface area contributed by atoms with Crippen molar-refractivity contribution in [3.8, 4) is 0 Å². The number of amides is 1. The van der Waals surface area contributed by atoms with Crippen molar-refractivity contribution in [1.82, 2.24) is 5.32 Å². The summed E-state index contributed by atoms with van der Waals surface area (Å²) in [6.45, 7) is 2.62. The van der Waals surface area contributed by atoms with Gasteiger partial charge < -0.3 is 10.1 Å². The van der Waals surface area contributed by atoms with Crippen molar-refractivity contribution in [2.24, 2.45) is 0 Å². The largest absolute Gasteiger partial charge is 0.383 e. The monoisotopic (exact) mass is 211 g/mol. The van der Waals surface area contributed by atoms with Crippen LogP contribution < -0.4 is 5.32 Å². The van der Waals surface area contributed by atoms with Crippen molar-refractivity contribution in [2.45, 2.75) is 6.92 Å². The maximum Gasteiger partial charge on any atom is 0.251 e. The first-order valence-corrected chi connectivity index (χ1v) is 4.68. The predicted octanol–water partition coefficient (Wildman–Crippen LogP) is 1.51. The number of nitrogens with one attached hydrogen (secondary N) is 1. The Kier molecular flexibility index (Phi) is 4.24. The van der Waals surface area contributed by atoms with Crippen molar-refractivity contribution in [1.29, 1.82) is 0 Å². The fourth-order valence-corrected chi connectivity index (χ4v) is 1.24. The van der Waals surface area contributed by atoms with E-state index in [9.17, 15) is 9.18 Å². The number of carbonyl (C=O) groups is 1. The molecule has 1 N–H and O–H groups in total. The number of rotatable bonds is 4. The first-order chi connectivity index (χ1) is 7.15. The number of benzene rings is 1. The van der Waals surface area contributed by atoms with Crippen LogP contribution in [-0.2, 0) is 4.74 Å². The van der Waals surface area contributed by atoms with Crippen molar-refractivity contribution < 1.29 is 13.9 Å². The first-order valence-electron chi connectivity index (χ1n) is 4.68. The molecule has 0 heterocycles. The molecule has 0 atom stereocenters. The van der Waals surface area contributed by atoms with Gasteiger partial charge in [0, 0.05) is 19.2 Å². The number of halogens is 1. The van der Waals surface area contributed by atoms with E-state index in [0.29, 0.717) is 24.3 Å². The predicted molar refractivity (Wildman–Crippen MR) is 55.3 cm³/mol. The van der Waals surface area contributed by atoms with E-state index in [1.807, 2.05) is 0 Å². The average molecular weight is 211 g/mol. The maximum atomic E-state index is 12.8. The Bertz CT molecular complexity index is 352. The fourth-order valence-electron chi connectivity index (χ4n) is 1.24. The third-order valence-electron chi connectivity index (χ3n) is 2.02. The van der Waals surface area contributed by atoms with Crippen molar-refractivity contribution in [3.05, 3.63) is 35.1 Å². The van der Waals surface area contributed by atoms with Crippen LogP contribution in [0.25, 0.3) is 0 Å². The van der Waals surface area contributed by atoms with Gasteiger partial charge in [-0.05, 0) is 30.7 Å². The van der Waals surface area contributed by atoms with Crippen LogP contribution in [0.5, 0.6) is 0 Å². The zero-order chi connectivity index (χ0) is 11.3. The molecule has 0 fully saturated rings. The SMILES string of the molecule is COCCNC(=O)c1ccc(F)cc1C. The number of aryl methyl sites for hydroxylation is 1. The summed E-state index contributed by atoms with van der Waals surface area (Å²) in [5.74, 6) is -0.537. The summed E-state index contributed by atoms with van der Waals surface area (Å²) in [5, 5.41) is 2.67. The molecule has 1 amide bonds. The lowest BCUT2D eigenvalue weighted by molar-refractivity contribution is 0.0936. The van der Waals surface area contributed by atoms with E-state index in [1.54, 1.807) is 14.0 Å². The Hall–Kier alpha value is -1.42. The normalized spacial score (nSPS) is 10.1. The van der Waals surface area contributed by atoms with E-state index in [0.717, 1.165) is 0 Å². The molecule has 0 aromatic heterocycles. The highest BCUT2D eigenvalue weighted by Crippen LogP contribution is 2.09. The molecule has 0 saturated heterocycles. The number of ether oxygens (including phenoxy) is 1. The van der Waals surface area contributed by atoms with Gasteiger partial charge in [0.1, 0.15) is 5.82 Å². The smallest absolute Gasteiger partial charge is 0.251 e. The second-order valence-electron chi connectivity index (χ2n) is 3.21. The summed E-state index contributed by atoms with van der Waals surface area (Å²) in [4.78, 5) is 11.6. The maximum absolute atomic E-state index is 12.8. The minimum absolute atomic E-state index is 0.204. The van der Waals surface area contributed by atoms with Crippen LogP contribution >= 0.6 is 0 Å². The second-order valence-corrected chi connectivity index (χ2v) is 3.21. The quantitative estimate of drug-likeness (QED) is 0.767. The highest BCUT2D eigenvalue weighted by atomic mass is 19.1. The third-order valence-corrected chi connectivity index (χ3v) is 2.02. The molecule has 0 unspecified atom stereocenters. The van der Waals surface area contributed by atoms with Gasteiger partial charge >= 0.3 is 0 Å². The molecule has 0 aliphatic carbocycles. The van der Waals surface area contributed by atoms with Crippen molar-refractivity contribution in [3.63, 3.8) is 0 Å². The average Bonchev–Trinajstić information content (AvgIpc) is 2.17. The Balaban J connectivity index is 2.65. The van der Waals surface area contributed by atoms with E-state index in [-0.39, 0.29) is 11.7 Å². The lowest BCUT2D eigenvalue weighted by atomic mass is 10.1. The lowest BCUT2D eigenvalue weighted by Crippen LogP contribution is -2.27. The van der Waals surface area contributed by atoms with Gasteiger partial charge in [-0.2, -0.15) is 0 Å². The molecule has 0 bridgehead atoms. The van der Waals surface area contributed by atoms with E-state index in [2.05, 4.69) is 5.32 Å². The Morgan fingerprint density at radius 1 is 1.53 bits per heavy atom. The summed E-state index contributed by atoms with van der Waals surface area (Å²) in [5.41, 5.74) is 1.12. The van der Waals surface area contributed by atoms with Gasteiger partial charge in [-0.25, -0.2) is 4.39 Å². The van der Waals surface area contributed by atoms with Gasteiger partial charge in [0.2, 0.25) is 0 Å². The van der Waals surface area contributed by atoms with E-state index < -0.39 is 0 Å². The lowest BCUT2D eigenvalue weighted by Gasteiger charge is -2.06. The molecule has 4 heteroatoms. The van der Waals surface area contributed by atoms with Crippen LogP contribution in [0.3, 0.4) is 0 Å². The minimum atomic E-state index is -0.332. The van der Waals surface area contributed by atoms with Gasteiger partial charge in [-0.3, -0.25) is 4.79 Å². The standard InChI is InChI=1S/C11H14FNO2/c1-8-7-9(12)3-4-10(8)11(14)13-5-6-15-2/h3-4,7H,5-6H2,1-2H3,(H,13,14). The van der Waals surface area contributed by atoms with E-state index in [4.69, 9.17) is 4.74 Å². The van der Waals surface area contributed by atoms with E-state index in [1.165, 1.54) is 18.2 Å². The van der Waals surface area contributed by atoms with Crippen LogP contribution in [-0.4, -0.2) is 26.2 Å². The minimum Gasteiger partial charge on any atom is -0.383 e. The third kappa shape index (κ3) is 3.32. The van der Waals surface area contributed by atoms with Crippen LogP contribution in [0.2, 0.25) is 0 Å². The Labute approximate surface area is 88.2 Å². The van der Waals surface area contributed by atoms with Gasteiger partial charge in [-0.15, -0.1) is 0 Å². The Morgan fingerprint density at radius 2 is 2.27 bits per heavy atom. The zero-order valence-corrected chi connectivity index (χ0v) is 8.84. The molecule has 0 aliphatic rings. The van der Waals surface area contributed by atoms with Crippen molar-refractivity contribution in [2.75, 3.05) is 20.3 Å². The van der Waals surface area contributed by atoms with Crippen molar-refractivity contribution >= 4 is 5.91 Å². The molecule has 1 aromatic rings. The van der Waals surface area contributed by atoms with Gasteiger partial charge in [0.25, 0.3) is 5.91 Å². The highest BCUT2D eigenvalue weighted by Gasteiger charge is 2.08. The zero-order valence-electron chi connectivity index (χ0n) is 8.84. The second kappa shape index (κ2) is 5.46. The Morgan fingerprint density at radius 3 is 2.87 bits per heavy atom. The molecule has 1 aromatic carbocycles. The number of carbonyl (C=O) groups excluding carboxylic acids is 1. The number of hydrogen-bond acceptors (Lipinski definition) is 2. The molecular weight excluding hydrogens is 197 g/mol. The summed E-state index contributed by atoms with van der Waals surface area (Å²) in [6, 6.07) is 4.09. The summed E-state index contributed by atoms with van der Waals surface area (Å²) >= 11 is 0.